The van der Waals surface area contributed by atoms with E-state index in [2.05, 4.69) is 0 Å². The fourth-order valence-corrected chi connectivity index (χ4v) is 2.51. The maximum Gasteiger partial charge on any atom is 0.328 e. The van der Waals surface area contributed by atoms with Crippen LogP contribution in [0.3, 0.4) is 0 Å². The van der Waals surface area contributed by atoms with E-state index in [9.17, 15) is 9.59 Å². The molecule has 1 atom stereocenters. The van der Waals surface area contributed by atoms with Crippen molar-refractivity contribution in [2.45, 2.75) is 40.5 Å². The van der Waals surface area contributed by atoms with E-state index >= 15 is 0 Å². The van der Waals surface area contributed by atoms with Gasteiger partial charge in [-0.2, -0.15) is 5.26 Å². The fourth-order valence-electron chi connectivity index (χ4n) is 2.51. The Labute approximate surface area is 108 Å². The van der Waals surface area contributed by atoms with E-state index in [1.54, 1.807) is 6.92 Å². The Morgan fingerprint density at radius 2 is 2.11 bits per heavy atom. The van der Waals surface area contributed by atoms with E-state index in [1.807, 2.05) is 26.8 Å². The van der Waals surface area contributed by atoms with Gasteiger partial charge in [-0.05, 0) is 25.7 Å². The van der Waals surface area contributed by atoms with Crippen LogP contribution in [0.25, 0.3) is 0 Å². The molecule has 0 heterocycles. The number of Topliss-reactive ketones (excluding diaryl/α,β-unsaturated/α-hetero) is 1. The zero-order valence-electron chi connectivity index (χ0n) is 11.4. The highest BCUT2D eigenvalue weighted by atomic mass is 16.5. The summed E-state index contributed by atoms with van der Waals surface area (Å²) in [6.07, 6.45) is 1.10. The molecule has 4 heteroatoms. The molecular formula is C14H19NO3. The molecule has 98 valence electrons. The van der Waals surface area contributed by atoms with Crippen LogP contribution in [0, 0.1) is 22.7 Å². The normalized spacial score (nSPS) is 20.3. The van der Waals surface area contributed by atoms with Crippen molar-refractivity contribution in [1.29, 1.82) is 5.26 Å². The second kappa shape index (κ2) is 5.34. The number of nitrogens with zero attached hydrogens (tertiary/aromatic N) is 1. The van der Waals surface area contributed by atoms with Crippen LogP contribution in [0.4, 0.5) is 0 Å². The monoisotopic (exact) mass is 249 g/mol. The predicted molar refractivity (Wildman–Crippen MR) is 66.5 cm³/mol. The Morgan fingerprint density at radius 3 is 2.56 bits per heavy atom. The topological polar surface area (TPSA) is 67.2 Å². The number of carbonyl (C=O) groups excluding carboxylic acids is 2. The lowest BCUT2D eigenvalue weighted by Crippen LogP contribution is -2.31. The van der Waals surface area contributed by atoms with Crippen molar-refractivity contribution in [3.8, 4) is 6.07 Å². The van der Waals surface area contributed by atoms with Gasteiger partial charge in [-0.1, -0.05) is 19.4 Å². The van der Waals surface area contributed by atoms with E-state index in [4.69, 9.17) is 10.00 Å². The molecule has 0 amide bonds. The molecule has 0 radical (unpaired) electrons. The predicted octanol–water partition coefficient (Wildman–Crippen LogP) is 2.39. The zero-order valence-corrected chi connectivity index (χ0v) is 11.4. The molecule has 0 bridgehead atoms. The highest BCUT2D eigenvalue weighted by Crippen LogP contribution is 2.38. The highest BCUT2D eigenvalue weighted by Gasteiger charge is 2.37. The highest BCUT2D eigenvalue weighted by molar-refractivity contribution is 6.03. The third kappa shape index (κ3) is 2.98. The van der Waals surface area contributed by atoms with Gasteiger partial charge in [0.2, 0.25) is 0 Å². The molecule has 0 fully saturated rings. The van der Waals surface area contributed by atoms with Crippen LogP contribution >= 0.6 is 0 Å². The van der Waals surface area contributed by atoms with Crippen molar-refractivity contribution in [3.05, 3.63) is 11.1 Å². The van der Waals surface area contributed by atoms with Crippen molar-refractivity contribution in [1.82, 2.24) is 0 Å². The number of allylic oxidation sites excluding steroid dienone is 1. The van der Waals surface area contributed by atoms with Crippen LogP contribution in [0.2, 0.25) is 0 Å². The standard InChI is InChI=1S/C14H19NO3/c1-5-18-13(17)10(8-15)12-9(2)6-14(3,4)7-11(12)16/h10H,5-7H2,1-4H3. The Kier molecular flexibility index (Phi) is 4.28. The van der Waals surface area contributed by atoms with Gasteiger partial charge in [0.15, 0.2) is 11.7 Å². The number of nitriles is 1. The molecule has 1 rings (SSSR count). The van der Waals surface area contributed by atoms with Crippen molar-refractivity contribution in [2.75, 3.05) is 6.61 Å². The maximum atomic E-state index is 12.1. The lowest BCUT2D eigenvalue weighted by molar-refractivity contribution is -0.145. The molecule has 0 aromatic heterocycles. The van der Waals surface area contributed by atoms with E-state index in [0.29, 0.717) is 12.0 Å². The van der Waals surface area contributed by atoms with Gasteiger partial charge in [0.1, 0.15) is 0 Å². The third-order valence-electron chi connectivity index (χ3n) is 3.08. The Morgan fingerprint density at radius 1 is 1.50 bits per heavy atom. The average Bonchev–Trinajstić information content (AvgIpc) is 2.21. The van der Waals surface area contributed by atoms with Gasteiger partial charge in [0, 0.05) is 12.0 Å². The van der Waals surface area contributed by atoms with Gasteiger partial charge in [-0.3, -0.25) is 9.59 Å². The summed E-state index contributed by atoms with van der Waals surface area (Å²) in [5.41, 5.74) is 1.07. The third-order valence-corrected chi connectivity index (χ3v) is 3.08. The summed E-state index contributed by atoms with van der Waals surface area (Å²) in [4.78, 5) is 23.8. The Hall–Kier alpha value is -1.63. The van der Waals surface area contributed by atoms with Crippen LogP contribution in [0.15, 0.2) is 11.1 Å². The van der Waals surface area contributed by atoms with Crippen molar-refractivity contribution < 1.29 is 14.3 Å². The molecule has 4 nitrogen and oxygen atoms in total. The fraction of sp³-hybridized carbons (Fsp3) is 0.643. The summed E-state index contributed by atoms with van der Waals surface area (Å²) in [6, 6.07) is 1.89. The SMILES string of the molecule is CCOC(=O)C(C#N)C1=C(C)CC(C)(C)CC1=O. The smallest absolute Gasteiger partial charge is 0.328 e. The molecule has 0 saturated heterocycles. The minimum absolute atomic E-state index is 0.0979. The van der Waals surface area contributed by atoms with Crippen LogP contribution in [0.1, 0.15) is 40.5 Å². The first-order valence-electron chi connectivity index (χ1n) is 6.11. The summed E-state index contributed by atoms with van der Waals surface area (Å²) in [5.74, 6) is -1.81. The first-order valence-corrected chi connectivity index (χ1v) is 6.11. The van der Waals surface area contributed by atoms with Gasteiger partial charge in [-0.25, -0.2) is 0 Å². The molecular weight excluding hydrogens is 230 g/mol. The number of ketones is 1. The summed E-state index contributed by atoms with van der Waals surface area (Å²) in [5, 5.41) is 9.10. The number of esters is 1. The molecule has 0 aromatic rings. The molecule has 0 aliphatic heterocycles. The Bertz CT molecular complexity index is 440. The molecule has 0 spiro atoms. The number of ether oxygens (including phenoxy) is 1. The van der Waals surface area contributed by atoms with Gasteiger partial charge in [0.25, 0.3) is 0 Å². The van der Waals surface area contributed by atoms with E-state index in [1.165, 1.54) is 0 Å². The maximum absolute atomic E-state index is 12.1. The molecule has 1 aliphatic carbocycles. The van der Waals surface area contributed by atoms with Crippen molar-refractivity contribution in [2.24, 2.45) is 11.3 Å². The molecule has 0 aromatic carbocycles. The minimum atomic E-state index is -1.08. The molecule has 0 saturated carbocycles. The van der Waals surface area contributed by atoms with Gasteiger partial charge in [0.05, 0.1) is 12.7 Å². The quantitative estimate of drug-likeness (QED) is 0.720. The van der Waals surface area contributed by atoms with Crippen LogP contribution in [0.5, 0.6) is 0 Å². The summed E-state index contributed by atoms with van der Waals surface area (Å²) in [6.45, 7) is 7.73. The first-order chi connectivity index (χ1) is 8.32. The molecule has 1 unspecified atom stereocenters. The molecule has 0 N–H and O–H groups in total. The van der Waals surface area contributed by atoms with E-state index in [-0.39, 0.29) is 17.8 Å². The van der Waals surface area contributed by atoms with Crippen LogP contribution in [-0.2, 0) is 14.3 Å². The lowest BCUT2D eigenvalue weighted by Gasteiger charge is -2.31. The van der Waals surface area contributed by atoms with Crippen LogP contribution < -0.4 is 0 Å². The van der Waals surface area contributed by atoms with Crippen molar-refractivity contribution in [3.63, 3.8) is 0 Å². The molecule has 18 heavy (non-hydrogen) atoms. The second-order valence-corrected chi connectivity index (χ2v) is 5.45. The average molecular weight is 249 g/mol. The van der Waals surface area contributed by atoms with Crippen molar-refractivity contribution >= 4 is 11.8 Å². The molecule has 1 aliphatic rings. The van der Waals surface area contributed by atoms with E-state index < -0.39 is 11.9 Å². The van der Waals surface area contributed by atoms with Gasteiger partial charge >= 0.3 is 5.97 Å². The second-order valence-electron chi connectivity index (χ2n) is 5.45. The number of hydrogen-bond donors (Lipinski definition) is 0. The number of rotatable bonds is 3. The summed E-state index contributed by atoms with van der Waals surface area (Å²) >= 11 is 0. The summed E-state index contributed by atoms with van der Waals surface area (Å²) < 4.78 is 4.85. The minimum Gasteiger partial charge on any atom is -0.465 e. The number of hydrogen-bond acceptors (Lipinski definition) is 4. The van der Waals surface area contributed by atoms with E-state index in [0.717, 1.165) is 12.0 Å². The van der Waals surface area contributed by atoms with Crippen LogP contribution in [-0.4, -0.2) is 18.4 Å². The Balaban J connectivity index is 3.10. The first kappa shape index (κ1) is 14.4. The van der Waals surface area contributed by atoms with Gasteiger partial charge in [-0.15, -0.1) is 0 Å². The summed E-state index contributed by atoms with van der Waals surface area (Å²) in [7, 11) is 0. The largest absolute Gasteiger partial charge is 0.465 e. The lowest BCUT2D eigenvalue weighted by atomic mass is 9.71. The van der Waals surface area contributed by atoms with Gasteiger partial charge < -0.3 is 4.74 Å². The zero-order chi connectivity index (χ0) is 13.9. The number of carbonyl (C=O) groups is 2.